The van der Waals surface area contributed by atoms with Crippen LogP contribution in [0.15, 0.2) is 42.5 Å². The molecule has 7 heteroatoms. The molecule has 0 aromatic heterocycles. The Bertz CT molecular complexity index is 764. The van der Waals surface area contributed by atoms with Crippen LogP contribution < -0.4 is 0 Å². The molecule has 0 aliphatic heterocycles. The molecule has 0 saturated carbocycles. The summed E-state index contributed by atoms with van der Waals surface area (Å²) in [6.07, 6.45) is -4.66. The Morgan fingerprint density at radius 3 is 2.12 bits per heavy atom. The zero-order valence-corrected chi connectivity index (χ0v) is 12.6. The Hall–Kier alpha value is -2.83. The van der Waals surface area contributed by atoms with Crippen LogP contribution in [0.3, 0.4) is 0 Å². The molecule has 0 unspecified atom stereocenters. The van der Waals surface area contributed by atoms with Gasteiger partial charge in [0.1, 0.15) is 0 Å². The first kappa shape index (κ1) is 17.5. The van der Waals surface area contributed by atoms with Gasteiger partial charge < -0.3 is 9.84 Å². The highest BCUT2D eigenvalue weighted by molar-refractivity contribution is 5.91. The molecule has 24 heavy (non-hydrogen) atoms. The van der Waals surface area contributed by atoms with Crippen LogP contribution in [-0.2, 0) is 10.9 Å². The van der Waals surface area contributed by atoms with E-state index in [1.54, 1.807) is 6.92 Å². The van der Waals surface area contributed by atoms with Gasteiger partial charge in [-0.25, -0.2) is 9.59 Å². The molecule has 0 spiro atoms. The number of carbonyl (C=O) groups is 2. The highest BCUT2D eigenvalue weighted by Gasteiger charge is 2.32. The van der Waals surface area contributed by atoms with Crippen molar-refractivity contribution in [3.8, 4) is 11.1 Å². The minimum absolute atomic E-state index is 0.0950. The second-order valence-corrected chi connectivity index (χ2v) is 4.90. The number of carboxylic acids is 1. The van der Waals surface area contributed by atoms with Gasteiger partial charge in [-0.2, -0.15) is 13.2 Å². The van der Waals surface area contributed by atoms with Gasteiger partial charge in [0.15, 0.2) is 0 Å². The fourth-order valence-corrected chi connectivity index (χ4v) is 2.09. The van der Waals surface area contributed by atoms with Gasteiger partial charge in [0.25, 0.3) is 0 Å². The largest absolute Gasteiger partial charge is 0.478 e. The SMILES string of the molecule is CCOC(=O)c1ccc(-c2cc(C(=O)O)cc(C(F)(F)F)c2)cc1. The number of benzene rings is 2. The third-order valence-electron chi connectivity index (χ3n) is 3.24. The molecular weight excluding hydrogens is 325 g/mol. The Labute approximate surface area is 135 Å². The number of esters is 1. The number of hydrogen-bond donors (Lipinski definition) is 1. The maximum Gasteiger partial charge on any atom is 0.416 e. The monoisotopic (exact) mass is 338 g/mol. The van der Waals surface area contributed by atoms with E-state index >= 15 is 0 Å². The van der Waals surface area contributed by atoms with Gasteiger partial charge in [-0.3, -0.25) is 0 Å². The lowest BCUT2D eigenvalue weighted by Gasteiger charge is -2.11. The summed E-state index contributed by atoms with van der Waals surface area (Å²) in [5, 5.41) is 8.99. The van der Waals surface area contributed by atoms with Crippen molar-refractivity contribution in [2.75, 3.05) is 6.61 Å². The Balaban J connectivity index is 2.46. The van der Waals surface area contributed by atoms with Crippen LogP contribution in [0.2, 0.25) is 0 Å². The maximum absolute atomic E-state index is 12.9. The summed E-state index contributed by atoms with van der Waals surface area (Å²) < 4.78 is 43.6. The standard InChI is InChI=1S/C17H13F3O4/c1-2-24-16(23)11-5-3-10(4-6-11)12-7-13(15(21)22)9-14(8-12)17(18,19)20/h3-9H,2H2,1H3,(H,21,22). The molecule has 0 fully saturated rings. The van der Waals surface area contributed by atoms with Crippen LogP contribution in [0.5, 0.6) is 0 Å². The smallest absolute Gasteiger partial charge is 0.416 e. The lowest BCUT2D eigenvalue weighted by molar-refractivity contribution is -0.137. The molecule has 0 heterocycles. The van der Waals surface area contributed by atoms with E-state index in [1.165, 1.54) is 24.3 Å². The van der Waals surface area contributed by atoms with Crippen molar-refractivity contribution in [1.29, 1.82) is 0 Å². The fraction of sp³-hybridized carbons (Fsp3) is 0.176. The average molecular weight is 338 g/mol. The van der Waals surface area contributed by atoms with Crippen molar-refractivity contribution in [3.05, 3.63) is 59.2 Å². The minimum Gasteiger partial charge on any atom is -0.478 e. The van der Waals surface area contributed by atoms with Gasteiger partial charge in [-0.15, -0.1) is 0 Å². The predicted molar refractivity (Wildman–Crippen MR) is 79.8 cm³/mol. The van der Waals surface area contributed by atoms with Crippen LogP contribution in [0.4, 0.5) is 13.2 Å². The highest BCUT2D eigenvalue weighted by atomic mass is 19.4. The lowest BCUT2D eigenvalue weighted by atomic mass is 9.98. The van der Waals surface area contributed by atoms with Gasteiger partial charge >= 0.3 is 18.1 Å². The van der Waals surface area contributed by atoms with E-state index in [2.05, 4.69) is 0 Å². The van der Waals surface area contributed by atoms with Crippen molar-refractivity contribution in [2.24, 2.45) is 0 Å². The fourth-order valence-electron chi connectivity index (χ4n) is 2.09. The van der Waals surface area contributed by atoms with E-state index in [1.807, 2.05) is 0 Å². The third-order valence-corrected chi connectivity index (χ3v) is 3.24. The number of aromatic carboxylic acids is 1. The molecule has 1 N–H and O–H groups in total. The molecule has 2 rings (SSSR count). The van der Waals surface area contributed by atoms with E-state index in [0.717, 1.165) is 12.1 Å². The first-order valence-electron chi connectivity index (χ1n) is 6.95. The van der Waals surface area contributed by atoms with Gasteiger partial charge in [0.05, 0.1) is 23.3 Å². The molecule has 2 aromatic carbocycles. The topological polar surface area (TPSA) is 63.6 Å². The van der Waals surface area contributed by atoms with Crippen molar-refractivity contribution < 1.29 is 32.6 Å². The number of halogens is 3. The lowest BCUT2D eigenvalue weighted by Crippen LogP contribution is -2.08. The predicted octanol–water partition coefficient (Wildman–Crippen LogP) is 4.25. The normalized spacial score (nSPS) is 11.2. The number of alkyl halides is 3. The second-order valence-electron chi connectivity index (χ2n) is 4.90. The number of ether oxygens (including phenoxy) is 1. The zero-order chi connectivity index (χ0) is 17.9. The van der Waals surface area contributed by atoms with Crippen LogP contribution in [0.1, 0.15) is 33.2 Å². The van der Waals surface area contributed by atoms with Gasteiger partial charge in [0, 0.05) is 0 Å². The highest BCUT2D eigenvalue weighted by Crippen LogP contribution is 2.33. The number of hydrogen-bond acceptors (Lipinski definition) is 3. The zero-order valence-electron chi connectivity index (χ0n) is 12.6. The minimum atomic E-state index is -4.66. The van der Waals surface area contributed by atoms with Crippen LogP contribution in [0.25, 0.3) is 11.1 Å². The van der Waals surface area contributed by atoms with E-state index in [0.29, 0.717) is 11.6 Å². The summed E-state index contributed by atoms with van der Waals surface area (Å²) in [6.45, 7) is 1.86. The molecule has 0 atom stereocenters. The second kappa shape index (κ2) is 6.74. The number of carbonyl (C=O) groups excluding carboxylic acids is 1. The van der Waals surface area contributed by atoms with E-state index < -0.39 is 29.2 Å². The van der Waals surface area contributed by atoms with Gasteiger partial charge in [-0.1, -0.05) is 12.1 Å². The first-order valence-corrected chi connectivity index (χ1v) is 6.95. The Morgan fingerprint density at radius 2 is 1.62 bits per heavy atom. The molecule has 0 saturated heterocycles. The summed E-state index contributed by atoms with van der Waals surface area (Å²) in [5.41, 5.74) is -0.804. The Morgan fingerprint density at radius 1 is 1.00 bits per heavy atom. The molecule has 2 aromatic rings. The first-order chi connectivity index (χ1) is 11.2. The Kier molecular flexibility index (Phi) is 4.92. The summed E-state index contributed by atoms with van der Waals surface area (Å²) in [6, 6.07) is 8.30. The van der Waals surface area contributed by atoms with Crippen molar-refractivity contribution in [1.82, 2.24) is 0 Å². The summed E-state index contributed by atoms with van der Waals surface area (Å²) in [7, 11) is 0. The van der Waals surface area contributed by atoms with E-state index in [4.69, 9.17) is 9.84 Å². The molecule has 4 nitrogen and oxygen atoms in total. The van der Waals surface area contributed by atoms with Crippen molar-refractivity contribution in [3.63, 3.8) is 0 Å². The summed E-state index contributed by atoms with van der Waals surface area (Å²) >= 11 is 0. The van der Waals surface area contributed by atoms with Crippen LogP contribution in [-0.4, -0.2) is 23.7 Å². The van der Waals surface area contributed by atoms with Crippen LogP contribution >= 0.6 is 0 Å². The van der Waals surface area contributed by atoms with Crippen molar-refractivity contribution >= 4 is 11.9 Å². The summed E-state index contributed by atoms with van der Waals surface area (Å²) in [5.74, 6) is -2.00. The number of rotatable bonds is 4. The average Bonchev–Trinajstić information content (AvgIpc) is 2.54. The number of carboxylic acid groups (broad SMARTS) is 1. The molecule has 0 bridgehead atoms. The van der Waals surface area contributed by atoms with E-state index in [9.17, 15) is 22.8 Å². The molecule has 0 radical (unpaired) electrons. The van der Waals surface area contributed by atoms with E-state index in [-0.39, 0.29) is 17.7 Å². The molecular formula is C17H13F3O4. The third kappa shape index (κ3) is 3.92. The van der Waals surface area contributed by atoms with Crippen LogP contribution in [0, 0.1) is 0 Å². The van der Waals surface area contributed by atoms with Gasteiger partial charge in [-0.05, 0) is 48.4 Å². The molecule has 0 aliphatic carbocycles. The summed E-state index contributed by atoms with van der Waals surface area (Å²) in [4.78, 5) is 22.6. The molecule has 0 amide bonds. The molecule has 126 valence electrons. The van der Waals surface area contributed by atoms with Gasteiger partial charge in [0.2, 0.25) is 0 Å². The molecule has 0 aliphatic rings. The van der Waals surface area contributed by atoms with Crippen molar-refractivity contribution in [2.45, 2.75) is 13.1 Å². The maximum atomic E-state index is 12.9. The quantitative estimate of drug-likeness (QED) is 0.847.